The largest absolute Gasteiger partial charge is 0.382 e. The van der Waals surface area contributed by atoms with Crippen LogP contribution >= 0.6 is 0 Å². The van der Waals surface area contributed by atoms with E-state index in [1.165, 1.54) is 5.56 Å². The number of hydrogen-bond donors (Lipinski definition) is 0. The van der Waals surface area contributed by atoms with E-state index < -0.39 is 15.4 Å². The number of fused-ring (bicyclic) bond motifs is 3. The Labute approximate surface area is 130 Å². The third-order valence-corrected chi connectivity index (χ3v) is 6.61. The van der Waals surface area contributed by atoms with Gasteiger partial charge in [0.05, 0.1) is 6.10 Å². The molecule has 2 aliphatic heterocycles. The van der Waals surface area contributed by atoms with Crippen molar-refractivity contribution in [1.82, 2.24) is 0 Å². The Hall–Kier alpha value is -1.11. The number of epoxide rings is 2. The zero-order chi connectivity index (χ0) is 15.5. The Morgan fingerprint density at radius 3 is 2.59 bits per heavy atom. The smallest absolute Gasteiger partial charge is 0.314 e. The van der Waals surface area contributed by atoms with E-state index in [2.05, 4.69) is 13.8 Å². The molecule has 0 amide bonds. The minimum atomic E-state index is -3.69. The molecule has 3 aliphatic rings. The molecule has 1 aliphatic carbocycles. The highest BCUT2D eigenvalue weighted by Crippen LogP contribution is 2.50. The first kappa shape index (κ1) is 14.5. The zero-order valence-corrected chi connectivity index (χ0v) is 13.5. The number of hydrogen-bond acceptors (Lipinski definition) is 5. The quantitative estimate of drug-likeness (QED) is 0.613. The van der Waals surface area contributed by atoms with Crippen molar-refractivity contribution in [3.63, 3.8) is 0 Å². The molecule has 6 unspecified atom stereocenters. The monoisotopic (exact) mass is 324 g/mol. The molecule has 0 radical (unpaired) electrons. The molecule has 1 aromatic carbocycles. The summed E-state index contributed by atoms with van der Waals surface area (Å²) in [4.78, 5) is 0. The molecule has 22 heavy (non-hydrogen) atoms. The van der Waals surface area contributed by atoms with Crippen molar-refractivity contribution in [3.05, 3.63) is 29.8 Å². The second-order valence-corrected chi connectivity index (χ2v) is 8.19. The Morgan fingerprint density at radius 2 is 1.91 bits per heavy atom. The summed E-state index contributed by atoms with van der Waals surface area (Å²) in [6.07, 6.45) is 1.36. The maximum Gasteiger partial charge on any atom is 0.314 e. The van der Waals surface area contributed by atoms with Crippen LogP contribution in [0.15, 0.2) is 24.3 Å². The molecule has 1 aromatic rings. The van der Waals surface area contributed by atoms with E-state index in [1.54, 1.807) is 12.1 Å². The third kappa shape index (κ3) is 2.43. The SMILES string of the molecule is CCC(C)c1ccc(OS(=O)(=O)C2CC3OC3C3OC32)cc1. The Kier molecular flexibility index (Phi) is 3.25. The van der Waals surface area contributed by atoms with Crippen LogP contribution in [0.25, 0.3) is 0 Å². The van der Waals surface area contributed by atoms with Crippen LogP contribution in [-0.4, -0.2) is 38.1 Å². The fourth-order valence-corrected chi connectivity index (χ4v) is 4.74. The summed E-state index contributed by atoms with van der Waals surface area (Å²) >= 11 is 0. The first-order chi connectivity index (χ1) is 10.5. The van der Waals surface area contributed by atoms with Gasteiger partial charge in [0.2, 0.25) is 0 Å². The molecule has 5 nitrogen and oxygen atoms in total. The van der Waals surface area contributed by atoms with Crippen LogP contribution in [0, 0.1) is 0 Å². The van der Waals surface area contributed by atoms with Gasteiger partial charge in [0.15, 0.2) is 0 Å². The highest BCUT2D eigenvalue weighted by molar-refractivity contribution is 7.87. The van der Waals surface area contributed by atoms with Crippen molar-refractivity contribution in [3.8, 4) is 5.75 Å². The van der Waals surface area contributed by atoms with Gasteiger partial charge in [-0.2, -0.15) is 8.42 Å². The van der Waals surface area contributed by atoms with Crippen LogP contribution in [0.5, 0.6) is 5.75 Å². The zero-order valence-electron chi connectivity index (χ0n) is 12.6. The fraction of sp³-hybridized carbons (Fsp3) is 0.625. The van der Waals surface area contributed by atoms with E-state index in [0.717, 1.165) is 6.42 Å². The van der Waals surface area contributed by atoms with Crippen molar-refractivity contribution >= 4 is 10.1 Å². The summed E-state index contributed by atoms with van der Waals surface area (Å²) in [7, 11) is -3.69. The summed E-state index contributed by atoms with van der Waals surface area (Å²) in [6.45, 7) is 4.27. The minimum absolute atomic E-state index is 0.0277. The van der Waals surface area contributed by atoms with Crippen molar-refractivity contribution in [1.29, 1.82) is 0 Å². The van der Waals surface area contributed by atoms with Gasteiger partial charge in [-0.25, -0.2) is 0 Å². The number of benzene rings is 1. The normalized spacial score (nSPS) is 36.9. The Morgan fingerprint density at radius 1 is 1.18 bits per heavy atom. The third-order valence-electron chi connectivity index (χ3n) is 4.98. The van der Waals surface area contributed by atoms with Crippen molar-refractivity contribution < 1.29 is 22.1 Å². The molecular weight excluding hydrogens is 304 g/mol. The predicted molar refractivity (Wildman–Crippen MR) is 80.4 cm³/mol. The molecule has 1 saturated carbocycles. The lowest BCUT2D eigenvalue weighted by atomic mass is 9.99. The Balaban J connectivity index is 1.48. The first-order valence-electron chi connectivity index (χ1n) is 7.84. The lowest BCUT2D eigenvalue weighted by Crippen LogP contribution is -2.37. The van der Waals surface area contributed by atoms with Crippen LogP contribution in [0.3, 0.4) is 0 Å². The molecule has 0 bridgehead atoms. The molecule has 4 rings (SSSR count). The highest BCUT2D eigenvalue weighted by atomic mass is 32.2. The minimum Gasteiger partial charge on any atom is -0.382 e. The first-order valence-corrected chi connectivity index (χ1v) is 9.31. The maximum absolute atomic E-state index is 12.5. The summed E-state index contributed by atoms with van der Waals surface area (Å²) in [5.74, 6) is 0.816. The van der Waals surface area contributed by atoms with Gasteiger partial charge < -0.3 is 13.7 Å². The maximum atomic E-state index is 12.5. The standard InChI is InChI=1S/C16H20O5S/c1-3-9(2)10-4-6-11(7-5-10)21-22(17,18)13-8-12-14(19-12)16-15(13)20-16/h4-7,9,12-16H,3,8H2,1-2H3. The van der Waals surface area contributed by atoms with Crippen molar-refractivity contribution in [2.75, 3.05) is 0 Å². The summed E-state index contributed by atoms with van der Waals surface area (Å²) < 4.78 is 41.1. The van der Waals surface area contributed by atoms with Gasteiger partial charge in [0.1, 0.15) is 29.3 Å². The summed E-state index contributed by atoms with van der Waals surface area (Å²) in [5, 5.41) is -0.615. The van der Waals surface area contributed by atoms with E-state index in [9.17, 15) is 8.42 Å². The molecule has 6 atom stereocenters. The summed E-state index contributed by atoms with van der Waals surface area (Å²) in [6, 6.07) is 7.31. The average molecular weight is 324 g/mol. The van der Waals surface area contributed by atoms with E-state index in [4.69, 9.17) is 13.7 Å². The van der Waals surface area contributed by atoms with Crippen LogP contribution in [0.1, 0.15) is 38.2 Å². The average Bonchev–Trinajstić information content (AvgIpc) is 3.36. The summed E-state index contributed by atoms with van der Waals surface area (Å²) in [5.41, 5.74) is 1.18. The molecule has 0 N–H and O–H groups in total. The highest BCUT2D eigenvalue weighted by Gasteiger charge is 2.68. The molecule has 0 spiro atoms. The lowest BCUT2D eigenvalue weighted by Gasteiger charge is -2.17. The van der Waals surface area contributed by atoms with Gasteiger partial charge in [-0.3, -0.25) is 0 Å². The number of ether oxygens (including phenoxy) is 2. The van der Waals surface area contributed by atoms with E-state index in [1.807, 2.05) is 12.1 Å². The fourth-order valence-electron chi connectivity index (χ4n) is 3.26. The lowest BCUT2D eigenvalue weighted by molar-refractivity contribution is 0.288. The van der Waals surface area contributed by atoms with Gasteiger partial charge in [-0.15, -0.1) is 0 Å². The van der Waals surface area contributed by atoms with Gasteiger partial charge in [-0.05, 0) is 36.5 Å². The molecule has 2 saturated heterocycles. The van der Waals surface area contributed by atoms with Crippen LogP contribution < -0.4 is 4.18 Å². The number of rotatable bonds is 5. The van der Waals surface area contributed by atoms with Crippen LogP contribution in [0.2, 0.25) is 0 Å². The molecule has 0 aromatic heterocycles. The van der Waals surface area contributed by atoms with Gasteiger partial charge in [-0.1, -0.05) is 26.0 Å². The van der Waals surface area contributed by atoms with Gasteiger partial charge >= 0.3 is 10.1 Å². The molecule has 6 heteroatoms. The van der Waals surface area contributed by atoms with E-state index >= 15 is 0 Å². The molecular formula is C16H20O5S. The van der Waals surface area contributed by atoms with Gasteiger partial charge in [0, 0.05) is 0 Å². The van der Waals surface area contributed by atoms with Crippen molar-refractivity contribution in [2.45, 2.75) is 62.3 Å². The van der Waals surface area contributed by atoms with E-state index in [0.29, 0.717) is 18.1 Å². The van der Waals surface area contributed by atoms with E-state index in [-0.39, 0.29) is 24.4 Å². The second-order valence-electron chi connectivity index (χ2n) is 6.43. The molecule has 3 fully saturated rings. The molecule has 2 heterocycles. The van der Waals surface area contributed by atoms with Crippen LogP contribution in [0.4, 0.5) is 0 Å². The van der Waals surface area contributed by atoms with Crippen molar-refractivity contribution in [2.24, 2.45) is 0 Å². The molecule has 120 valence electrons. The van der Waals surface area contributed by atoms with Crippen LogP contribution in [-0.2, 0) is 19.6 Å². The topological polar surface area (TPSA) is 68.4 Å². The predicted octanol–water partition coefficient (Wildman–Crippen LogP) is 2.22. The Bertz CT molecular complexity index is 668. The van der Waals surface area contributed by atoms with Gasteiger partial charge in [0.25, 0.3) is 0 Å². The second kappa shape index (κ2) is 4.94.